The van der Waals surface area contributed by atoms with Crippen molar-refractivity contribution in [2.75, 3.05) is 11.9 Å². The monoisotopic (exact) mass is 356 g/mol. The van der Waals surface area contributed by atoms with Crippen LogP contribution in [0.4, 0.5) is 5.69 Å². The van der Waals surface area contributed by atoms with Crippen LogP contribution in [0.1, 0.15) is 19.4 Å². The molecule has 0 aliphatic heterocycles. The molecule has 0 unspecified atom stereocenters. The van der Waals surface area contributed by atoms with E-state index in [1.807, 2.05) is 62.4 Å². The Labute approximate surface area is 154 Å². The number of hydrogen-bond donors (Lipinski definition) is 2. The average molecular weight is 356 g/mol. The normalized spacial score (nSPS) is 10.2. The van der Waals surface area contributed by atoms with Crippen molar-refractivity contribution in [3.05, 3.63) is 66.7 Å². The molecule has 0 saturated heterocycles. The van der Waals surface area contributed by atoms with Gasteiger partial charge in [0.25, 0.3) is 0 Å². The lowest BCUT2D eigenvalue weighted by Crippen LogP contribution is -2.27. The lowest BCUT2D eigenvalue weighted by molar-refractivity contribution is 0.242. The highest BCUT2D eigenvalue weighted by Gasteiger charge is 2.02. The van der Waals surface area contributed by atoms with Crippen LogP contribution in [0.5, 0.6) is 11.5 Å². The molecule has 25 heavy (non-hydrogen) atoms. The fourth-order valence-electron chi connectivity index (χ4n) is 2.15. The zero-order valence-electron chi connectivity index (χ0n) is 14.6. The van der Waals surface area contributed by atoms with E-state index in [1.165, 1.54) is 0 Å². The molecule has 5 heteroatoms. The third-order valence-corrected chi connectivity index (χ3v) is 3.45. The molecule has 0 spiro atoms. The van der Waals surface area contributed by atoms with Crippen molar-refractivity contribution in [2.45, 2.75) is 26.5 Å². The Bertz CT molecular complexity index is 699. The summed E-state index contributed by atoms with van der Waals surface area (Å²) < 4.78 is 11.2. The summed E-state index contributed by atoms with van der Waals surface area (Å²) in [6, 6.07) is 15.6. The van der Waals surface area contributed by atoms with Gasteiger partial charge in [-0.05, 0) is 68.0 Å². The van der Waals surface area contributed by atoms with Gasteiger partial charge in [-0.25, -0.2) is 0 Å². The maximum atomic E-state index is 5.70. The fourth-order valence-corrected chi connectivity index (χ4v) is 2.34. The molecule has 0 aliphatic carbocycles. The van der Waals surface area contributed by atoms with Gasteiger partial charge in [-0.2, -0.15) is 0 Å². The van der Waals surface area contributed by atoms with Gasteiger partial charge in [0.05, 0.1) is 6.10 Å². The summed E-state index contributed by atoms with van der Waals surface area (Å²) in [7, 11) is 0. The summed E-state index contributed by atoms with van der Waals surface area (Å²) in [6.07, 6.45) is 1.87. The van der Waals surface area contributed by atoms with E-state index in [2.05, 4.69) is 17.2 Å². The second-order valence-electron chi connectivity index (χ2n) is 5.75. The Balaban J connectivity index is 1.83. The largest absolute Gasteiger partial charge is 0.491 e. The SMILES string of the molecule is C=CCOc1ccc(NC(=S)NCc2cccc(OC(C)C)c2)cc1. The van der Waals surface area contributed by atoms with Crippen molar-refractivity contribution in [1.29, 1.82) is 0 Å². The minimum atomic E-state index is 0.157. The van der Waals surface area contributed by atoms with E-state index in [0.29, 0.717) is 18.3 Å². The van der Waals surface area contributed by atoms with Crippen LogP contribution in [0.25, 0.3) is 0 Å². The molecule has 0 saturated carbocycles. The average Bonchev–Trinajstić information content (AvgIpc) is 2.59. The first-order valence-electron chi connectivity index (χ1n) is 8.21. The maximum Gasteiger partial charge on any atom is 0.171 e. The summed E-state index contributed by atoms with van der Waals surface area (Å²) in [5.41, 5.74) is 2.01. The van der Waals surface area contributed by atoms with E-state index >= 15 is 0 Å². The zero-order chi connectivity index (χ0) is 18.1. The number of rotatable bonds is 8. The number of benzene rings is 2. The number of hydrogen-bond acceptors (Lipinski definition) is 3. The van der Waals surface area contributed by atoms with Crippen molar-refractivity contribution in [3.8, 4) is 11.5 Å². The lowest BCUT2D eigenvalue weighted by Gasteiger charge is -2.13. The molecule has 0 radical (unpaired) electrons. The number of anilines is 1. The first kappa shape index (κ1) is 18.8. The van der Waals surface area contributed by atoms with Gasteiger partial charge in [0.15, 0.2) is 5.11 Å². The van der Waals surface area contributed by atoms with Gasteiger partial charge in [-0.15, -0.1) is 0 Å². The van der Waals surface area contributed by atoms with Crippen LogP contribution >= 0.6 is 12.2 Å². The molecule has 2 aromatic rings. The van der Waals surface area contributed by atoms with Crippen molar-refractivity contribution < 1.29 is 9.47 Å². The van der Waals surface area contributed by atoms with Crippen LogP contribution < -0.4 is 20.1 Å². The molecule has 0 atom stereocenters. The van der Waals surface area contributed by atoms with Crippen molar-refractivity contribution in [1.82, 2.24) is 5.32 Å². The van der Waals surface area contributed by atoms with Gasteiger partial charge >= 0.3 is 0 Å². The quantitative estimate of drug-likeness (QED) is 0.537. The van der Waals surface area contributed by atoms with Crippen molar-refractivity contribution in [3.63, 3.8) is 0 Å². The number of ether oxygens (including phenoxy) is 2. The molecule has 0 aliphatic rings. The standard InChI is InChI=1S/C20H24N2O2S/c1-4-12-23-18-10-8-17(9-11-18)22-20(25)21-14-16-6-5-7-19(13-16)24-15(2)3/h4-11,13,15H,1,12,14H2,2-3H3,(H2,21,22,25). The third-order valence-electron chi connectivity index (χ3n) is 3.20. The van der Waals surface area contributed by atoms with E-state index in [9.17, 15) is 0 Å². The first-order chi connectivity index (χ1) is 12.1. The Kier molecular flexibility index (Phi) is 7.29. The molecule has 0 fully saturated rings. The Hall–Kier alpha value is -2.53. The van der Waals surface area contributed by atoms with E-state index in [-0.39, 0.29) is 6.10 Å². The highest BCUT2D eigenvalue weighted by Crippen LogP contribution is 2.16. The van der Waals surface area contributed by atoms with Gasteiger partial charge in [-0.3, -0.25) is 0 Å². The minimum Gasteiger partial charge on any atom is -0.491 e. The van der Waals surface area contributed by atoms with E-state index in [0.717, 1.165) is 22.7 Å². The molecule has 2 aromatic carbocycles. The summed E-state index contributed by atoms with van der Waals surface area (Å²) in [4.78, 5) is 0. The second-order valence-corrected chi connectivity index (χ2v) is 6.15. The lowest BCUT2D eigenvalue weighted by atomic mass is 10.2. The first-order valence-corrected chi connectivity index (χ1v) is 8.62. The molecule has 0 bridgehead atoms. The van der Waals surface area contributed by atoms with Gasteiger partial charge in [0.1, 0.15) is 18.1 Å². The molecule has 0 heterocycles. The van der Waals surface area contributed by atoms with Crippen LogP contribution in [0.2, 0.25) is 0 Å². The predicted octanol–water partition coefficient (Wildman–Crippen LogP) is 4.53. The Morgan fingerprint density at radius 3 is 2.60 bits per heavy atom. The molecule has 4 nitrogen and oxygen atoms in total. The van der Waals surface area contributed by atoms with Crippen molar-refractivity contribution in [2.24, 2.45) is 0 Å². The van der Waals surface area contributed by atoms with Crippen molar-refractivity contribution >= 4 is 23.0 Å². The molecule has 2 N–H and O–H groups in total. The second kappa shape index (κ2) is 9.69. The Morgan fingerprint density at radius 2 is 1.92 bits per heavy atom. The molecule has 2 rings (SSSR count). The van der Waals surface area contributed by atoms with Gasteiger partial charge < -0.3 is 20.1 Å². The molecular weight excluding hydrogens is 332 g/mol. The van der Waals surface area contributed by atoms with E-state index in [4.69, 9.17) is 21.7 Å². The smallest absolute Gasteiger partial charge is 0.171 e. The molecule has 0 amide bonds. The highest BCUT2D eigenvalue weighted by atomic mass is 32.1. The van der Waals surface area contributed by atoms with Crippen LogP contribution in [0.3, 0.4) is 0 Å². The third kappa shape index (κ3) is 6.85. The molecule has 0 aromatic heterocycles. The highest BCUT2D eigenvalue weighted by molar-refractivity contribution is 7.80. The van der Waals surface area contributed by atoms with E-state index < -0.39 is 0 Å². The minimum absolute atomic E-state index is 0.157. The Morgan fingerprint density at radius 1 is 1.16 bits per heavy atom. The van der Waals surface area contributed by atoms with Crippen LogP contribution in [-0.2, 0) is 6.54 Å². The number of nitrogens with one attached hydrogen (secondary N) is 2. The molecular formula is C20H24N2O2S. The fraction of sp³-hybridized carbons (Fsp3) is 0.250. The van der Waals surface area contributed by atoms with Crippen LogP contribution in [0.15, 0.2) is 61.2 Å². The topological polar surface area (TPSA) is 42.5 Å². The van der Waals surface area contributed by atoms with Gasteiger partial charge in [0, 0.05) is 12.2 Å². The predicted molar refractivity (Wildman–Crippen MR) is 107 cm³/mol. The number of thiocarbonyl (C=S) groups is 1. The zero-order valence-corrected chi connectivity index (χ0v) is 15.4. The maximum absolute atomic E-state index is 5.70. The van der Waals surface area contributed by atoms with E-state index in [1.54, 1.807) is 6.08 Å². The van der Waals surface area contributed by atoms with Crippen LogP contribution in [-0.4, -0.2) is 17.8 Å². The summed E-state index contributed by atoms with van der Waals surface area (Å²) >= 11 is 5.34. The van der Waals surface area contributed by atoms with Gasteiger partial charge in [0.2, 0.25) is 0 Å². The summed E-state index contributed by atoms with van der Waals surface area (Å²) in [6.45, 7) is 8.77. The molecule has 132 valence electrons. The van der Waals surface area contributed by atoms with Gasteiger partial charge in [-0.1, -0.05) is 24.8 Å². The summed E-state index contributed by atoms with van der Waals surface area (Å²) in [5.74, 6) is 1.66. The summed E-state index contributed by atoms with van der Waals surface area (Å²) in [5, 5.41) is 6.92. The van der Waals surface area contributed by atoms with Crippen LogP contribution in [0, 0.1) is 0 Å².